The first-order valence-corrected chi connectivity index (χ1v) is 6.55. The van der Waals surface area contributed by atoms with Gasteiger partial charge in [-0.1, -0.05) is 32.9 Å². The van der Waals surface area contributed by atoms with Crippen molar-refractivity contribution in [1.29, 1.82) is 0 Å². The van der Waals surface area contributed by atoms with Crippen LogP contribution in [-0.4, -0.2) is 35.6 Å². The van der Waals surface area contributed by atoms with Gasteiger partial charge in [-0.3, -0.25) is 0 Å². The van der Waals surface area contributed by atoms with Crippen LogP contribution in [0.5, 0.6) is 0 Å². The molecule has 1 rings (SSSR count). The Balaban J connectivity index is 2.45. The first kappa shape index (κ1) is 14.3. The van der Waals surface area contributed by atoms with E-state index >= 15 is 0 Å². The second kappa shape index (κ2) is 5.71. The molecule has 0 saturated carbocycles. The van der Waals surface area contributed by atoms with Crippen LogP contribution in [0.25, 0.3) is 0 Å². The Labute approximate surface area is 105 Å². The number of oxime groups is 1. The molecule has 4 heteroatoms. The second-order valence-electron chi connectivity index (χ2n) is 6.32. The average molecular weight is 241 g/mol. The van der Waals surface area contributed by atoms with E-state index in [-0.39, 0.29) is 5.41 Å². The summed E-state index contributed by atoms with van der Waals surface area (Å²) in [7, 11) is 0. The Morgan fingerprint density at radius 2 is 1.88 bits per heavy atom. The molecule has 0 aromatic heterocycles. The van der Waals surface area contributed by atoms with Gasteiger partial charge in [-0.2, -0.15) is 0 Å². The summed E-state index contributed by atoms with van der Waals surface area (Å²) in [5.41, 5.74) is 5.48. The lowest BCUT2D eigenvalue weighted by Crippen LogP contribution is -2.42. The molecule has 17 heavy (non-hydrogen) atoms. The molecule has 1 aliphatic heterocycles. The highest BCUT2D eigenvalue weighted by Gasteiger charge is 2.27. The normalized spacial score (nSPS) is 28.4. The molecule has 3 N–H and O–H groups in total. The molecule has 0 aliphatic carbocycles. The summed E-state index contributed by atoms with van der Waals surface area (Å²) in [6, 6.07) is 0. The Bertz CT molecular complexity index is 266. The summed E-state index contributed by atoms with van der Waals surface area (Å²) in [6.45, 7) is 12.1. The highest BCUT2D eigenvalue weighted by atomic mass is 16.4. The lowest BCUT2D eigenvalue weighted by molar-refractivity contribution is 0.131. The fraction of sp³-hybridized carbons (Fsp3) is 0.923. The predicted molar refractivity (Wildman–Crippen MR) is 71.2 cm³/mol. The van der Waals surface area contributed by atoms with E-state index in [0.29, 0.717) is 5.84 Å². The van der Waals surface area contributed by atoms with Gasteiger partial charge in [0.1, 0.15) is 5.84 Å². The molecule has 100 valence electrons. The standard InChI is InChI=1S/C13H27N3O/c1-10-7-11(2)9-16(8-10)6-5-13(3,4)12(14)15-17/h10-11,17H,5-9H2,1-4H3,(H2,14,15). The molecule has 0 aromatic rings. The minimum Gasteiger partial charge on any atom is -0.409 e. The third-order valence-corrected chi connectivity index (χ3v) is 3.80. The van der Waals surface area contributed by atoms with Gasteiger partial charge in [0.2, 0.25) is 0 Å². The van der Waals surface area contributed by atoms with Crippen molar-refractivity contribution in [3.8, 4) is 0 Å². The second-order valence-corrected chi connectivity index (χ2v) is 6.32. The van der Waals surface area contributed by atoms with E-state index in [4.69, 9.17) is 10.9 Å². The summed E-state index contributed by atoms with van der Waals surface area (Å²) >= 11 is 0. The van der Waals surface area contributed by atoms with Crippen LogP contribution in [0.3, 0.4) is 0 Å². The number of piperidine rings is 1. The number of rotatable bonds is 4. The molecule has 2 atom stereocenters. The molecule has 0 aromatic carbocycles. The third kappa shape index (κ3) is 4.19. The highest BCUT2D eigenvalue weighted by Crippen LogP contribution is 2.25. The van der Waals surface area contributed by atoms with Crippen LogP contribution in [0.2, 0.25) is 0 Å². The summed E-state index contributed by atoms with van der Waals surface area (Å²) in [5.74, 6) is 1.90. The number of hydrogen-bond acceptors (Lipinski definition) is 3. The van der Waals surface area contributed by atoms with Crippen molar-refractivity contribution < 1.29 is 5.21 Å². The first-order chi connectivity index (χ1) is 7.85. The number of hydrogen-bond donors (Lipinski definition) is 2. The minimum absolute atomic E-state index is 0.224. The maximum atomic E-state index is 8.74. The third-order valence-electron chi connectivity index (χ3n) is 3.80. The quantitative estimate of drug-likeness (QED) is 0.343. The smallest absolute Gasteiger partial charge is 0.144 e. The number of nitrogens with zero attached hydrogens (tertiary/aromatic N) is 2. The van der Waals surface area contributed by atoms with Gasteiger partial charge < -0.3 is 15.8 Å². The summed E-state index contributed by atoms with van der Waals surface area (Å²) in [5, 5.41) is 11.9. The summed E-state index contributed by atoms with van der Waals surface area (Å²) in [4.78, 5) is 2.51. The molecule has 4 nitrogen and oxygen atoms in total. The largest absolute Gasteiger partial charge is 0.409 e. The highest BCUT2D eigenvalue weighted by molar-refractivity contribution is 5.85. The van der Waals surface area contributed by atoms with E-state index in [1.54, 1.807) is 0 Å². The van der Waals surface area contributed by atoms with E-state index < -0.39 is 0 Å². The van der Waals surface area contributed by atoms with E-state index in [9.17, 15) is 0 Å². The van der Waals surface area contributed by atoms with Gasteiger partial charge in [0.05, 0.1) is 0 Å². The topological polar surface area (TPSA) is 61.8 Å². The van der Waals surface area contributed by atoms with Crippen LogP contribution < -0.4 is 5.73 Å². The molecule has 0 bridgehead atoms. The summed E-state index contributed by atoms with van der Waals surface area (Å²) < 4.78 is 0. The van der Waals surface area contributed by atoms with Crippen molar-refractivity contribution >= 4 is 5.84 Å². The van der Waals surface area contributed by atoms with Gasteiger partial charge in [-0.05, 0) is 31.2 Å². The monoisotopic (exact) mass is 241 g/mol. The molecule has 1 heterocycles. The van der Waals surface area contributed by atoms with Crippen molar-refractivity contribution in [2.75, 3.05) is 19.6 Å². The average Bonchev–Trinajstić information content (AvgIpc) is 2.24. The molecule has 0 spiro atoms. The SMILES string of the molecule is CC1CC(C)CN(CCC(C)(C)C(N)=NO)C1. The van der Waals surface area contributed by atoms with E-state index in [1.807, 2.05) is 13.8 Å². The Kier molecular flexibility index (Phi) is 4.80. The van der Waals surface area contributed by atoms with Gasteiger partial charge in [0, 0.05) is 18.5 Å². The van der Waals surface area contributed by atoms with E-state index in [0.717, 1.165) is 24.8 Å². The molecule has 2 unspecified atom stereocenters. The van der Waals surface area contributed by atoms with Crippen LogP contribution in [0.1, 0.15) is 40.5 Å². The maximum absolute atomic E-state index is 8.74. The van der Waals surface area contributed by atoms with Crippen LogP contribution in [0.4, 0.5) is 0 Å². The maximum Gasteiger partial charge on any atom is 0.144 e. The molecule has 0 radical (unpaired) electrons. The molecule has 1 fully saturated rings. The van der Waals surface area contributed by atoms with E-state index in [2.05, 4.69) is 23.9 Å². The fourth-order valence-corrected chi connectivity index (χ4v) is 2.68. The van der Waals surface area contributed by atoms with Gasteiger partial charge >= 0.3 is 0 Å². The molecular weight excluding hydrogens is 214 g/mol. The van der Waals surface area contributed by atoms with Crippen molar-refractivity contribution in [1.82, 2.24) is 4.90 Å². The van der Waals surface area contributed by atoms with Gasteiger partial charge in [-0.25, -0.2) is 0 Å². The number of amidine groups is 1. The Hall–Kier alpha value is -0.770. The van der Waals surface area contributed by atoms with Crippen LogP contribution in [-0.2, 0) is 0 Å². The molecule has 0 amide bonds. The Morgan fingerprint density at radius 3 is 2.35 bits per heavy atom. The lowest BCUT2D eigenvalue weighted by Gasteiger charge is -2.36. The molecule has 1 aliphatic rings. The van der Waals surface area contributed by atoms with Crippen molar-refractivity contribution in [2.24, 2.45) is 28.1 Å². The zero-order chi connectivity index (χ0) is 13.1. The Morgan fingerprint density at radius 1 is 1.35 bits per heavy atom. The van der Waals surface area contributed by atoms with E-state index in [1.165, 1.54) is 19.5 Å². The van der Waals surface area contributed by atoms with Crippen LogP contribution in [0.15, 0.2) is 5.16 Å². The zero-order valence-electron chi connectivity index (χ0n) is 11.6. The van der Waals surface area contributed by atoms with Crippen LogP contribution >= 0.6 is 0 Å². The van der Waals surface area contributed by atoms with Crippen molar-refractivity contribution in [2.45, 2.75) is 40.5 Å². The molecule has 1 saturated heterocycles. The lowest BCUT2D eigenvalue weighted by atomic mass is 9.86. The predicted octanol–water partition coefficient (Wildman–Crippen LogP) is 2.13. The van der Waals surface area contributed by atoms with Crippen molar-refractivity contribution in [3.05, 3.63) is 0 Å². The van der Waals surface area contributed by atoms with Gasteiger partial charge in [0.25, 0.3) is 0 Å². The fourth-order valence-electron chi connectivity index (χ4n) is 2.68. The first-order valence-electron chi connectivity index (χ1n) is 6.55. The van der Waals surface area contributed by atoms with Crippen LogP contribution in [0, 0.1) is 17.3 Å². The number of likely N-dealkylation sites (tertiary alicyclic amines) is 1. The summed E-state index contributed by atoms with van der Waals surface area (Å²) in [6.07, 6.45) is 2.27. The zero-order valence-corrected chi connectivity index (χ0v) is 11.6. The van der Waals surface area contributed by atoms with Gasteiger partial charge in [-0.15, -0.1) is 0 Å². The van der Waals surface area contributed by atoms with Crippen molar-refractivity contribution in [3.63, 3.8) is 0 Å². The molecular formula is C13H27N3O. The minimum atomic E-state index is -0.224. The van der Waals surface area contributed by atoms with Gasteiger partial charge in [0.15, 0.2) is 0 Å². The number of nitrogens with two attached hydrogens (primary N) is 1.